The molecule has 0 N–H and O–H groups in total. The predicted molar refractivity (Wildman–Crippen MR) is 86.3 cm³/mol. The molecule has 0 saturated heterocycles. The average Bonchev–Trinajstić information content (AvgIpc) is 2.47. The molecule has 4 nitrogen and oxygen atoms in total. The zero-order chi connectivity index (χ0) is 15.7. The number of hydrogen-bond donors (Lipinski definition) is 0. The van der Waals surface area contributed by atoms with Crippen molar-refractivity contribution in [3.63, 3.8) is 0 Å². The van der Waals surface area contributed by atoms with Crippen molar-refractivity contribution in [3.05, 3.63) is 55.1 Å². The number of nitrogens with zero attached hydrogens (tertiary/aromatic N) is 2. The predicted octanol–water partition coefficient (Wildman–Crippen LogP) is 2.33. The van der Waals surface area contributed by atoms with Crippen LogP contribution in [0.5, 0.6) is 5.75 Å². The Bertz CT molecular complexity index is 475. The van der Waals surface area contributed by atoms with Gasteiger partial charge in [-0.3, -0.25) is 9.69 Å². The second-order valence-electron chi connectivity index (χ2n) is 4.90. The molecule has 21 heavy (non-hydrogen) atoms. The molecule has 0 saturated carbocycles. The van der Waals surface area contributed by atoms with Gasteiger partial charge in [0.1, 0.15) is 5.75 Å². The molecule has 0 aliphatic heterocycles. The maximum Gasteiger partial charge on any atom is 0.237 e. The summed E-state index contributed by atoms with van der Waals surface area (Å²) >= 11 is 0. The Morgan fingerprint density at radius 1 is 1.29 bits per heavy atom. The maximum atomic E-state index is 12.2. The molecule has 1 rings (SSSR count). The molecule has 0 aromatic heterocycles. The lowest BCUT2D eigenvalue weighted by Gasteiger charge is -2.23. The fourth-order valence-electron chi connectivity index (χ4n) is 2.06. The van der Waals surface area contributed by atoms with Crippen LogP contribution in [0.25, 0.3) is 0 Å². The first-order valence-corrected chi connectivity index (χ1v) is 6.91. The van der Waals surface area contributed by atoms with Gasteiger partial charge in [-0.2, -0.15) is 0 Å². The molecule has 0 aliphatic carbocycles. The maximum absolute atomic E-state index is 12.2. The van der Waals surface area contributed by atoms with Gasteiger partial charge in [0.2, 0.25) is 5.91 Å². The molecule has 1 aromatic rings. The molecule has 0 atom stereocenters. The van der Waals surface area contributed by atoms with E-state index in [2.05, 4.69) is 13.2 Å². The van der Waals surface area contributed by atoms with E-state index in [-0.39, 0.29) is 5.91 Å². The quantitative estimate of drug-likeness (QED) is 0.654. The zero-order valence-electron chi connectivity index (χ0n) is 12.9. The Labute approximate surface area is 127 Å². The van der Waals surface area contributed by atoms with E-state index in [9.17, 15) is 4.79 Å². The van der Waals surface area contributed by atoms with Gasteiger partial charge in [0, 0.05) is 19.6 Å². The lowest BCUT2D eigenvalue weighted by atomic mass is 10.2. The van der Waals surface area contributed by atoms with Crippen molar-refractivity contribution in [1.29, 1.82) is 0 Å². The summed E-state index contributed by atoms with van der Waals surface area (Å²) in [5.41, 5.74) is 1.11. The fourth-order valence-corrected chi connectivity index (χ4v) is 2.06. The second kappa shape index (κ2) is 8.97. The topological polar surface area (TPSA) is 32.8 Å². The molecule has 0 heterocycles. The first-order chi connectivity index (χ1) is 10.1. The van der Waals surface area contributed by atoms with E-state index in [1.165, 1.54) is 0 Å². The molecule has 1 aromatic carbocycles. The second-order valence-corrected chi connectivity index (χ2v) is 4.90. The van der Waals surface area contributed by atoms with Crippen LogP contribution in [0.2, 0.25) is 0 Å². The van der Waals surface area contributed by atoms with Crippen LogP contribution >= 0.6 is 0 Å². The number of rotatable bonds is 9. The summed E-state index contributed by atoms with van der Waals surface area (Å²) in [5.74, 6) is 0.896. The number of carbonyl (C=O) groups is 1. The molecule has 0 bridgehead atoms. The van der Waals surface area contributed by atoms with Crippen molar-refractivity contribution in [3.8, 4) is 5.75 Å². The van der Waals surface area contributed by atoms with Gasteiger partial charge in [0.05, 0.1) is 13.7 Å². The minimum absolute atomic E-state index is 0.0696. The summed E-state index contributed by atoms with van der Waals surface area (Å²) in [6.07, 6.45) is 3.45. The smallest absolute Gasteiger partial charge is 0.237 e. The normalized spacial score (nSPS) is 10.2. The summed E-state index contributed by atoms with van der Waals surface area (Å²) in [5, 5.41) is 0. The first-order valence-electron chi connectivity index (χ1n) is 6.91. The van der Waals surface area contributed by atoms with Crippen molar-refractivity contribution >= 4 is 5.91 Å². The van der Waals surface area contributed by atoms with Crippen LogP contribution in [-0.2, 0) is 11.3 Å². The van der Waals surface area contributed by atoms with Gasteiger partial charge in [-0.05, 0) is 24.7 Å². The van der Waals surface area contributed by atoms with Crippen LogP contribution in [0.1, 0.15) is 5.56 Å². The third-order valence-corrected chi connectivity index (χ3v) is 3.04. The van der Waals surface area contributed by atoms with E-state index in [1.807, 2.05) is 36.2 Å². The van der Waals surface area contributed by atoms with Crippen molar-refractivity contribution in [2.45, 2.75) is 6.54 Å². The van der Waals surface area contributed by atoms with E-state index in [0.717, 1.165) is 11.3 Å². The number of benzene rings is 1. The fraction of sp³-hybridized carbons (Fsp3) is 0.353. The minimum Gasteiger partial charge on any atom is -0.497 e. The lowest BCUT2D eigenvalue weighted by Crippen LogP contribution is -2.39. The SMILES string of the molecule is C=CCN(CC=C)C(=O)CN(C)Cc1cccc(OC)c1. The van der Waals surface area contributed by atoms with Crippen LogP contribution in [0.3, 0.4) is 0 Å². The van der Waals surface area contributed by atoms with Gasteiger partial charge < -0.3 is 9.64 Å². The Hall–Kier alpha value is -2.07. The van der Waals surface area contributed by atoms with Crippen LogP contribution in [-0.4, -0.2) is 49.5 Å². The van der Waals surface area contributed by atoms with E-state index in [0.29, 0.717) is 26.2 Å². The van der Waals surface area contributed by atoms with Crippen molar-refractivity contribution in [2.24, 2.45) is 0 Å². The van der Waals surface area contributed by atoms with Crippen molar-refractivity contribution < 1.29 is 9.53 Å². The summed E-state index contributed by atoms with van der Waals surface area (Å²) in [6.45, 7) is 9.48. The van der Waals surface area contributed by atoms with Gasteiger partial charge in [-0.1, -0.05) is 24.3 Å². The number of carbonyl (C=O) groups excluding carboxylic acids is 1. The summed E-state index contributed by atoms with van der Waals surface area (Å²) in [6, 6.07) is 7.86. The molecule has 1 amide bonds. The highest BCUT2D eigenvalue weighted by atomic mass is 16.5. The molecule has 114 valence electrons. The number of amides is 1. The van der Waals surface area contributed by atoms with Gasteiger partial charge >= 0.3 is 0 Å². The van der Waals surface area contributed by atoms with Crippen molar-refractivity contribution in [2.75, 3.05) is 33.8 Å². The standard InChI is InChI=1S/C17H24N2O2/c1-5-10-19(11-6-2)17(20)14-18(3)13-15-8-7-9-16(12-15)21-4/h5-9,12H,1-2,10-11,13-14H2,3-4H3. The number of likely N-dealkylation sites (N-methyl/N-ethyl adjacent to an activating group) is 1. The molecule has 0 fully saturated rings. The van der Waals surface area contributed by atoms with Crippen LogP contribution in [0.4, 0.5) is 0 Å². The Kier molecular flexibility index (Phi) is 7.26. The highest BCUT2D eigenvalue weighted by molar-refractivity contribution is 5.78. The molecule has 0 aliphatic rings. The highest BCUT2D eigenvalue weighted by Gasteiger charge is 2.13. The van der Waals surface area contributed by atoms with Gasteiger partial charge in [0.25, 0.3) is 0 Å². The van der Waals surface area contributed by atoms with E-state index in [1.54, 1.807) is 24.2 Å². The van der Waals surface area contributed by atoms with E-state index >= 15 is 0 Å². The summed E-state index contributed by atoms with van der Waals surface area (Å²) in [4.78, 5) is 15.9. The van der Waals surface area contributed by atoms with E-state index < -0.39 is 0 Å². The number of ether oxygens (including phenoxy) is 1. The number of hydrogen-bond acceptors (Lipinski definition) is 3. The van der Waals surface area contributed by atoms with Crippen LogP contribution in [0.15, 0.2) is 49.6 Å². The molecule has 4 heteroatoms. The third-order valence-electron chi connectivity index (χ3n) is 3.04. The van der Waals surface area contributed by atoms with Crippen molar-refractivity contribution in [1.82, 2.24) is 9.80 Å². The van der Waals surface area contributed by atoms with Gasteiger partial charge in [-0.25, -0.2) is 0 Å². The lowest BCUT2D eigenvalue weighted by molar-refractivity contribution is -0.131. The number of methoxy groups -OCH3 is 1. The molecule has 0 unspecified atom stereocenters. The summed E-state index contributed by atoms with van der Waals surface area (Å²) in [7, 11) is 3.58. The van der Waals surface area contributed by atoms with Crippen LogP contribution < -0.4 is 4.74 Å². The highest BCUT2D eigenvalue weighted by Crippen LogP contribution is 2.13. The zero-order valence-corrected chi connectivity index (χ0v) is 12.9. The molecular weight excluding hydrogens is 264 g/mol. The minimum atomic E-state index is 0.0696. The largest absolute Gasteiger partial charge is 0.497 e. The Balaban J connectivity index is 2.58. The molecular formula is C17H24N2O2. The Morgan fingerprint density at radius 3 is 2.52 bits per heavy atom. The van der Waals surface area contributed by atoms with E-state index in [4.69, 9.17) is 4.74 Å². The van der Waals surface area contributed by atoms with Gasteiger partial charge in [-0.15, -0.1) is 13.2 Å². The molecule has 0 radical (unpaired) electrons. The first kappa shape index (κ1) is 17.0. The third kappa shape index (κ3) is 5.83. The molecule has 0 spiro atoms. The summed E-state index contributed by atoms with van der Waals surface area (Å²) < 4.78 is 5.20. The average molecular weight is 288 g/mol. The monoisotopic (exact) mass is 288 g/mol. The van der Waals surface area contributed by atoms with Gasteiger partial charge in [0.15, 0.2) is 0 Å². The Morgan fingerprint density at radius 2 is 1.95 bits per heavy atom. The van der Waals surface area contributed by atoms with Crippen LogP contribution in [0, 0.1) is 0 Å².